The summed E-state index contributed by atoms with van der Waals surface area (Å²) in [6.07, 6.45) is 0.851. The molecule has 0 bridgehead atoms. The highest BCUT2D eigenvalue weighted by atomic mass is 16.3. The number of benzene rings is 6. The van der Waals surface area contributed by atoms with E-state index in [1.165, 1.54) is 27.6 Å². The third kappa shape index (κ3) is 3.58. The van der Waals surface area contributed by atoms with Gasteiger partial charge in [-0.3, -0.25) is 4.57 Å². The largest absolute Gasteiger partial charge is 0.460 e. The molecule has 10 rings (SSSR count). The van der Waals surface area contributed by atoms with Crippen molar-refractivity contribution < 1.29 is 8.83 Å². The van der Waals surface area contributed by atoms with E-state index in [4.69, 9.17) is 8.83 Å². The number of hydrogen-bond donors (Lipinski definition) is 0. The normalized spacial score (nSPS) is 14.4. The maximum atomic E-state index is 6.58. The molecule has 3 nitrogen and oxygen atoms in total. The van der Waals surface area contributed by atoms with E-state index >= 15 is 0 Å². The van der Waals surface area contributed by atoms with Gasteiger partial charge >= 0.3 is 0 Å². The van der Waals surface area contributed by atoms with Crippen LogP contribution in [0.3, 0.4) is 0 Å². The van der Waals surface area contributed by atoms with E-state index in [1.807, 2.05) is 12.1 Å². The van der Waals surface area contributed by atoms with E-state index in [0.29, 0.717) is 0 Å². The predicted octanol–water partition coefficient (Wildman–Crippen LogP) is 11.3. The van der Waals surface area contributed by atoms with Gasteiger partial charge in [-0.1, -0.05) is 109 Å². The Morgan fingerprint density at radius 1 is 0.556 bits per heavy atom. The predicted molar refractivity (Wildman–Crippen MR) is 183 cm³/mol. The molecule has 1 aliphatic carbocycles. The van der Waals surface area contributed by atoms with Crippen molar-refractivity contribution in [1.29, 1.82) is 0 Å². The van der Waals surface area contributed by atoms with Crippen LogP contribution in [0, 0.1) is 0 Å². The smallest absolute Gasteiger partial charge is 0.213 e. The molecule has 3 heteroatoms. The molecule has 0 amide bonds. The minimum absolute atomic E-state index is 0.276. The highest BCUT2D eigenvalue weighted by Gasteiger charge is 2.30. The molecule has 45 heavy (non-hydrogen) atoms. The molecule has 0 aliphatic heterocycles. The zero-order chi connectivity index (χ0) is 29.5. The van der Waals surface area contributed by atoms with Crippen LogP contribution in [0.5, 0.6) is 0 Å². The molecule has 1 aliphatic rings. The van der Waals surface area contributed by atoms with E-state index in [-0.39, 0.29) is 5.92 Å². The van der Waals surface area contributed by atoms with Gasteiger partial charge in [0.2, 0.25) is 5.71 Å². The number of para-hydroxylation sites is 2. The summed E-state index contributed by atoms with van der Waals surface area (Å²) in [6.45, 7) is 0. The Morgan fingerprint density at radius 3 is 2.24 bits per heavy atom. The van der Waals surface area contributed by atoms with Crippen molar-refractivity contribution in [2.24, 2.45) is 0 Å². The molecule has 3 heterocycles. The van der Waals surface area contributed by atoms with Gasteiger partial charge in [0.15, 0.2) is 0 Å². The molecule has 0 N–H and O–H groups in total. The first-order chi connectivity index (χ1) is 22.3. The van der Waals surface area contributed by atoms with E-state index in [1.54, 1.807) is 0 Å². The molecule has 6 aromatic carbocycles. The van der Waals surface area contributed by atoms with Crippen molar-refractivity contribution in [3.05, 3.63) is 162 Å². The fourth-order valence-corrected chi connectivity index (χ4v) is 7.59. The Kier molecular flexibility index (Phi) is 5.11. The second-order valence-corrected chi connectivity index (χ2v) is 12.0. The third-order valence-corrected chi connectivity index (χ3v) is 9.59. The lowest BCUT2D eigenvalue weighted by molar-refractivity contribution is 0.531. The fourth-order valence-electron chi connectivity index (χ4n) is 7.59. The Morgan fingerprint density at radius 2 is 1.31 bits per heavy atom. The van der Waals surface area contributed by atoms with Crippen LogP contribution < -0.4 is 0 Å². The fraction of sp³-hybridized carbons (Fsp3) is 0.0476. The quantitative estimate of drug-likeness (QED) is 0.209. The van der Waals surface area contributed by atoms with Gasteiger partial charge in [-0.2, -0.15) is 0 Å². The topological polar surface area (TPSA) is 31.2 Å². The Hall–Kier alpha value is -5.80. The van der Waals surface area contributed by atoms with Gasteiger partial charge in [0, 0.05) is 39.7 Å². The molecule has 0 radical (unpaired) electrons. The van der Waals surface area contributed by atoms with Crippen molar-refractivity contribution in [3.8, 4) is 27.9 Å². The lowest BCUT2D eigenvalue weighted by Crippen LogP contribution is -2.11. The highest BCUT2D eigenvalue weighted by molar-refractivity contribution is 6.19. The summed E-state index contributed by atoms with van der Waals surface area (Å²) in [4.78, 5) is 0. The zero-order valence-electron chi connectivity index (χ0n) is 24.4. The first-order valence-corrected chi connectivity index (χ1v) is 15.5. The summed E-state index contributed by atoms with van der Waals surface area (Å²) >= 11 is 0. The molecule has 0 saturated carbocycles. The minimum atomic E-state index is 0.276. The van der Waals surface area contributed by atoms with Crippen LogP contribution in [0.4, 0.5) is 0 Å². The van der Waals surface area contributed by atoms with Crippen molar-refractivity contribution in [2.45, 2.75) is 12.3 Å². The number of aromatic nitrogens is 1. The molecule has 3 aromatic heterocycles. The van der Waals surface area contributed by atoms with Crippen LogP contribution in [-0.4, -0.2) is 4.57 Å². The standard InChI is InChI=1S/C42H27NO2/c1-2-11-26(12-3-1)34-25-39-40(31-16-5-4-15-30(31)34)35-24-28(21-22-38(35)44-39)27-13-10-14-29(23-27)43-36-19-8-6-17-32(36)41-33-18-7-9-20-37(33)45-42(41)43/h1-24,34H,25H2. The summed E-state index contributed by atoms with van der Waals surface area (Å²) in [5.74, 6) is 1.34. The molecule has 0 saturated heterocycles. The maximum absolute atomic E-state index is 6.58. The summed E-state index contributed by atoms with van der Waals surface area (Å²) in [6, 6.07) is 51.9. The molecular formula is C42H27NO2. The molecule has 0 fully saturated rings. The van der Waals surface area contributed by atoms with Gasteiger partial charge in [0.25, 0.3) is 0 Å². The van der Waals surface area contributed by atoms with Gasteiger partial charge in [-0.15, -0.1) is 0 Å². The SMILES string of the molecule is c1ccc(C2Cc3oc4ccc(-c5cccc(-n6c7ccccc7c7c8ccccc8oc76)c5)cc4c3-c3ccccc32)cc1. The number of furan rings is 2. The maximum Gasteiger partial charge on any atom is 0.213 e. The van der Waals surface area contributed by atoms with Crippen LogP contribution in [-0.2, 0) is 6.42 Å². The lowest BCUT2D eigenvalue weighted by Gasteiger charge is -2.25. The van der Waals surface area contributed by atoms with Crippen LogP contribution in [0.1, 0.15) is 22.8 Å². The van der Waals surface area contributed by atoms with Gasteiger partial charge in [-0.05, 0) is 64.2 Å². The number of nitrogens with zero attached hydrogens (tertiary/aromatic N) is 1. The van der Waals surface area contributed by atoms with E-state index in [2.05, 4.69) is 138 Å². The lowest BCUT2D eigenvalue weighted by atomic mass is 9.78. The van der Waals surface area contributed by atoms with Crippen molar-refractivity contribution >= 4 is 43.9 Å². The van der Waals surface area contributed by atoms with Crippen LogP contribution in [0.15, 0.2) is 154 Å². The summed E-state index contributed by atoms with van der Waals surface area (Å²) in [7, 11) is 0. The zero-order valence-corrected chi connectivity index (χ0v) is 24.4. The van der Waals surface area contributed by atoms with E-state index in [9.17, 15) is 0 Å². The molecule has 1 unspecified atom stereocenters. The molecule has 9 aromatic rings. The minimum Gasteiger partial charge on any atom is -0.460 e. The number of rotatable bonds is 3. The van der Waals surface area contributed by atoms with Crippen LogP contribution in [0.25, 0.3) is 71.9 Å². The second-order valence-electron chi connectivity index (χ2n) is 12.0. The van der Waals surface area contributed by atoms with Crippen LogP contribution in [0.2, 0.25) is 0 Å². The molecule has 1 atom stereocenters. The molecular weight excluding hydrogens is 550 g/mol. The summed E-state index contributed by atoms with van der Waals surface area (Å²) in [5, 5.41) is 4.66. The highest BCUT2D eigenvalue weighted by Crippen LogP contribution is 2.48. The van der Waals surface area contributed by atoms with Gasteiger partial charge in [0.1, 0.15) is 16.9 Å². The average molecular weight is 578 g/mol. The first-order valence-electron chi connectivity index (χ1n) is 15.5. The number of hydrogen-bond acceptors (Lipinski definition) is 2. The van der Waals surface area contributed by atoms with E-state index in [0.717, 1.165) is 67.6 Å². The monoisotopic (exact) mass is 577 g/mol. The van der Waals surface area contributed by atoms with Crippen molar-refractivity contribution in [3.63, 3.8) is 0 Å². The average Bonchev–Trinajstić information content (AvgIpc) is 3.76. The van der Waals surface area contributed by atoms with Crippen molar-refractivity contribution in [2.75, 3.05) is 0 Å². The number of fused-ring (bicyclic) bond motifs is 10. The van der Waals surface area contributed by atoms with Crippen molar-refractivity contribution in [1.82, 2.24) is 4.57 Å². The van der Waals surface area contributed by atoms with Gasteiger partial charge in [0.05, 0.1) is 10.9 Å². The summed E-state index contributed by atoms with van der Waals surface area (Å²) < 4.78 is 15.3. The Labute approximate surface area is 259 Å². The van der Waals surface area contributed by atoms with Gasteiger partial charge in [-0.25, -0.2) is 0 Å². The second kappa shape index (κ2) is 9.35. The third-order valence-electron chi connectivity index (χ3n) is 9.59. The molecule has 212 valence electrons. The Balaban J connectivity index is 1.13. The Bertz CT molecular complexity index is 2580. The molecule has 0 spiro atoms. The first kappa shape index (κ1) is 24.6. The summed E-state index contributed by atoms with van der Waals surface area (Å²) in [5.41, 5.74) is 12.4. The van der Waals surface area contributed by atoms with E-state index < -0.39 is 0 Å². The van der Waals surface area contributed by atoms with Crippen LogP contribution >= 0.6 is 0 Å². The van der Waals surface area contributed by atoms with Gasteiger partial charge < -0.3 is 8.83 Å².